The predicted molar refractivity (Wildman–Crippen MR) is 46.4 cm³/mol. The Kier molecular flexibility index (Phi) is 1.79. The quantitative estimate of drug-likeness (QED) is 0.445. The van der Waals surface area contributed by atoms with Crippen LogP contribution in [0.5, 0.6) is 0 Å². The second-order valence-corrected chi connectivity index (χ2v) is 2.83. The number of hydrogen-bond acceptors (Lipinski definition) is 4. The smallest absolute Gasteiger partial charge is 0.422 e. The van der Waals surface area contributed by atoms with E-state index in [1.54, 1.807) is 6.07 Å². The summed E-state index contributed by atoms with van der Waals surface area (Å²) in [5.74, 6) is -0.118. The van der Waals surface area contributed by atoms with Crippen LogP contribution in [0.1, 0.15) is 5.69 Å². The van der Waals surface area contributed by atoms with E-state index in [1.165, 1.54) is 6.07 Å². The molecule has 5 nitrogen and oxygen atoms in total. The van der Waals surface area contributed by atoms with Crippen molar-refractivity contribution in [3.05, 3.63) is 17.8 Å². The van der Waals surface area contributed by atoms with Crippen molar-refractivity contribution < 1.29 is 14.8 Å². The summed E-state index contributed by atoms with van der Waals surface area (Å²) in [5, 5.41) is 20.2. The van der Waals surface area contributed by atoms with Gasteiger partial charge < -0.3 is 15.4 Å². The Labute approximate surface area is 74.6 Å². The van der Waals surface area contributed by atoms with Crippen LogP contribution in [-0.4, -0.2) is 28.1 Å². The molecule has 1 aliphatic rings. The lowest BCUT2D eigenvalue weighted by Gasteiger charge is -2.00. The van der Waals surface area contributed by atoms with E-state index in [9.17, 15) is 4.79 Å². The number of nitrogens with one attached hydrogen (secondary N) is 1. The summed E-state index contributed by atoms with van der Waals surface area (Å²) >= 11 is 0. The van der Waals surface area contributed by atoms with Gasteiger partial charge in [-0.2, -0.15) is 0 Å². The Morgan fingerprint density at radius 2 is 2.23 bits per heavy atom. The molecule has 0 bridgehead atoms. The Balaban J connectivity index is 2.40. The molecule has 1 amide bonds. The van der Waals surface area contributed by atoms with Gasteiger partial charge in [0.15, 0.2) is 0 Å². The molecule has 2 rings (SSSR count). The SMILES string of the molecule is O=C1Cc2nc(B(O)O)ccc2N1. The molecular formula is C7H7BN2O3. The third-order valence-corrected chi connectivity index (χ3v) is 1.86. The van der Waals surface area contributed by atoms with Gasteiger partial charge in [-0.15, -0.1) is 0 Å². The molecule has 0 fully saturated rings. The highest BCUT2D eigenvalue weighted by Gasteiger charge is 2.21. The first-order chi connectivity index (χ1) is 6.16. The summed E-state index contributed by atoms with van der Waals surface area (Å²) in [6.45, 7) is 0. The van der Waals surface area contributed by atoms with E-state index in [4.69, 9.17) is 10.0 Å². The van der Waals surface area contributed by atoms with Crippen LogP contribution in [0, 0.1) is 0 Å². The number of fused-ring (bicyclic) bond motifs is 1. The van der Waals surface area contributed by atoms with Gasteiger partial charge in [0.1, 0.15) is 0 Å². The number of aromatic nitrogens is 1. The first-order valence-corrected chi connectivity index (χ1v) is 3.82. The Morgan fingerprint density at radius 3 is 2.92 bits per heavy atom. The Hall–Kier alpha value is -1.40. The molecule has 0 aliphatic carbocycles. The van der Waals surface area contributed by atoms with Gasteiger partial charge in [-0.25, -0.2) is 0 Å². The number of carbonyl (C=O) groups is 1. The predicted octanol–water partition coefficient (Wildman–Crippen LogP) is -1.74. The van der Waals surface area contributed by atoms with Gasteiger partial charge in [-0.3, -0.25) is 9.78 Å². The molecule has 0 aromatic carbocycles. The lowest BCUT2D eigenvalue weighted by atomic mass is 9.85. The largest absolute Gasteiger partial charge is 0.508 e. The van der Waals surface area contributed by atoms with Crippen molar-refractivity contribution in [3.8, 4) is 0 Å². The van der Waals surface area contributed by atoms with Crippen molar-refractivity contribution in [2.45, 2.75) is 6.42 Å². The first-order valence-electron chi connectivity index (χ1n) is 3.82. The van der Waals surface area contributed by atoms with Crippen LogP contribution in [0.25, 0.3) is 0 Å². The number of rotatable bonds is 1. The van der Waals surface area contributed by atoms with Gasteiger partial charge in [-0.1, -0.05) is 0 Å². The fraction of sp³-hybridized carbons (Fsp3) is 0.143. The second-order valence-electron chi connectivity index (χ2n) is 2.83. The van der Waals surface area contributed by atoms with Crippen molar-refractivity contribution in [2.75, 3.05) is 5.32 Å². The van der Waals surface area contributed by atoms with Crippen LogP contribution in [0.2, 0.25) is 0 Å². The maximum atomic E-state index is 10.9. The van der Waals surface area contributed by atoms with Crippen molar-refractivity contribution in [2.24, 2.45) is 0 Å². The summed E-state index contributed by atoms with van der Waals surface area (Å²) in [7, 11) is -1.58. The molecule has 66 valence electrons. The molecule has 1 aromatic rings. The van der Waals surface area contributed by atoms with E-state index in [0.717, 1.165) is 0 Å². The average Bonchev–Trinajstić information content (AvgIpc) is 2.42. The van der Waals surface area contributed by atoms with E-state index in [-0.39, 0.29) is 17.9 Å². The summed E-state index contributed by atoms with van der Waals surface area (Å²) in [6, 6.07) is 3.08. The topological polar surface area (TPSA) is 82.5 Å². The summed E-state index contributed by atoms with van der Waals surface area (Å²) in [6.07, 6.45) is 0.204. The van der Waals surface area contributed by atoms with E-state index >= 15 is 0 Å². The minimum Gasteiger partial charge on any atom is -0.422 e. The van der Waals surface area contributed by atoms with Gasteiger partial charge in [0.2, 0.25) is 5.91 Å². The van der Waals surface area contributed by atoms with Gasteiger partial charge in [-0.05, 0) is 12.1 Å². The lowest BCUT2D eigenvalue weighted by molar-refractivity contribution is -0.115. The van der Waals surface area contributed by atoms with Crippen LogP contribution in [0.3, 0.4) is 0 Å². The van der Waals surface area contributed by atoms with E-state index in [2.05, 4.69) is 10.3 Å². The molecule has 0 atom stereocenters. The second kappa shape index (κ2) is 2.83. The van der Waals surface area contributed by atoms with Crippen molar-refractivity contribution >= 4 is 24.3 Å². The van der Waals surface area contributed by atoms with E-state index in [1.807, 2.05) is 0 Å². The number of anilines is 1. The number of pyridine rings is 1. The molecule has 0 saturated heterocycles. The maximum Gasteiger partial charge on any atom is 0.508 e. The van der Waals surface area contributed by atoms with Crippen molar-refractivity contribution in [1.82, 2.24) is 4.98 Å². The summed E-state index contributed by atoms with van der Waals surface area (Å²) in [5.41, 5.74) is 1.38. The van der Waals surface area contributed by atoms with Gasteiger partial charge in [0.25, 0.3) is 0 Å². The number of hydrogen-bond donors (Lipinski definition) is 3. The third kappa shape index (κ3) is 1.41. The Morgan fingerprint density at radius 1 is 1.46 bits per heavy atom. The minimum absolute atomic E-state index is 0.118. The highest BCUT2D eigenvalue weighted by atomic mass is 16.4. The molecule has 2 heterocycles. The standard InChI is InChI=1S/C7H7BN2O3/c11-7-3-5-4(10-7)1-2-6(9-5)8(12)13/h1-2,12-13H,3H2,(H,10,11). The molecule has 13 heavy (non-hydrogen) atoms. The van der Waals surface area contributed by atoms with E-state index < -0.39 is 7.12 Å². The van der Waals surface area contributed by atoms with Crippen LogP contribution < -0.4 is 10.9 Å². The molecule has 0 unspecified atom stereocenters. The highest BCUT2D eigenvalue weighted by Crippen LogP contribution is 2.18. The average molecular weight is 178 g/mol. The highest BCUT2D eigenvalue weighted by molar-refractivity contribution is 6.57. The monoisotopic (exact) mass is 178 g/mol. The lowest BCUT2D eigenvalue weighted by Crippen LogP contribution is -2.33. The van der Waals surface area contributed by atoms with Crippen molar-refractivity contribution in [1.29, 1.82) is 0 Å². The normalized spacial score (nSPS) is 13.8. The molecule has 1 aromatic heterocycles. The fourth-order valence-electron chi connectivity index (χ4n) is 1.26. The zero-order chi connectivity index (χ0) is 9.42. The van der Waals surface area contributed by atoms with Gasteiger partial charge in [0.05, 0.1) is 23.4 Å². The molecule has 1 aliphatic heterocycles. The zero-order valence-electron chi connectivity index (χ0n) is 6.69. The summed E-state index contributed by atoms with van der Waals surface area (Å²) < 4.78 is 0. The van der Waals surface area contributed by atoms with Crippen LogP contribution in [0.15, 0.2) is 12.1 Å². The van der Waals surface area contributed by atoms with E-state index in [0.29, 0.717) is 11.4 Å². The number of carbonyl (C=O) groups excluding carboxylic acids is 1. The molecule has 3 N–H and O–H groups in total. The molecule has 0 saturated carbocycles. The van der Waals surface area contributed by atoms with Crippen molar-refractivity contribution in [3.63, 3.8) is 0 Å². The molecule has 0 spiro atoms. The van der Waals surface area contributed by atoms with Gasteiger partial charge in [0, 0.05) is 0 Å². The number of nitrogens with zero attached hydrogens (tertiary/aromatic N) is 1. The fourth-order valence-corrected chi connectivity index (χ4v) is 1.26. The van der Waals surface area contributed by atoms with Crippen LogP contribution in [-0.2, 0) is 11.2 Å². The number of amides is 1. The van der Waals surface area contributed by atoms with Crippen LogP contribution >= 0.6 is 0 Å². The summed E-state index contributed by atoms with van der Waals surface area (Å²) in [4.78, 5) is 14.8. The van der Waals surface area contributed by atoms with Gasteiger partial charge >= 0.3 is 7.12 Å². The van der Waals surface area contributed by atoms with Crippen LogP contribution in [0.4, 0.5) is 5.69 Å². The zero-order valence-corrected chi connectivity index (χ0v) is 6.69. The first kappa shape index (κ1) is 8.21. The third-order valence-electron chi connectivity index (χ3n) is 1.86. The molecule has 0 radical (unpaired) electrons. The minimum atomic E-state index is -1.58. The maximum absolute atomic E-state index is 10.9. The molecule has 6 heteroatoms. The Bertz CT molecular complexity index is 367. The molecular weight excluding hydrogens is 171 g/mol.